The summed E-state index contributed by atoms with van der Waals surface area (Å²) in [5, 5.41) is 1.26. The third-order valence-corrected chi connectivity index (χ3v) is 2.23. The minimum atomic E-state index is -0.0720. The molecule has 2 heterocycles. The Hall–Kier alpha value is -1.13. The highest BCUT2D eigenvalue weighted by molar-refractivity contribution is 6.34. The van der Waals surface area contributed by atoms with E-state index in [-0.39, 0.29) is 6.04 Å². The number of aromatic amines is 1. The van der Waals surface area contributed by atoms with Crippen molar-refractivity contribution in [3.63, 3.8) is 0 Å². The summed E-state index contributed by atoms with van der Waals surface area (Å²) >= 11 is 5.92. The van der Waals surface area contributed by atoms with E-state index in [1.807, 2.05) is 13.1 Å². The number of fused-ring (bicyclic) bond motifs is 1. The van der Waals surface area contributed by atoms with E-state index >= 15 is 0 Å². The van der Waals surface area contributed by atoms with Crippen LogP contribution in [0.15, 0.2) is 12.5 Å². The molecule has 0 bridgehead atoms. The average molecular weight is 197 g/mol. The van der Waals surface area contributed by atoms with Crippen LogP contribution in [0.4, 0.5) is 0 Å². The maximum atomic E-state index is 5.92. The zero-order valence-corrected chi connectivity index (χ0v) is 7.84. The van der Waals surface area contributed by atoms with E-state index in [2.05, 4.69) is 15.0 Å². The Morgan fingerprint density at radius 1 is 1.54 bits per heavy atom. The molecule has 0 aliphatic heterocycles. The molecule has 0 saturated heterocycles. The first-order valence-corrected chi connectivity index (χ1v) is 4.31. The number of aromatic nitrogens is 3. The lowest BCUT2D eigenvalue weighted by Gasteiger charge is -2.02. The lowest BCUT2D eigenvalue weighted by Crippen LogP contribution is -2.04. The van der Waals surface area contributed by atoms with Gasteiger partial charge < -0.3 is 10.7 Å². The van der Waals surface area contributed by atoms with Crippen LogP contribution in [0.25, 0.3) is 11.0 Å². The molecular formula is C8H9ClN4. The third kappa shape index (κ3) is 1.28. The average Bonchev–Trinajstić information content (AvgIpc) is 2.49. The summed E-state index contributed by atoms with van der Waals surface area (Å²) in [7, 11) is 0. The van der Waals surface area contributed by atoms with Gasteiger partial charge in [0.05, 0.1) is 5.39 Å². The smallest absolute Gasteiger partial charge is 0.142 e. The highest BCUT2D eigenvalue weighted by atomic mass is 35.5. The van der Waals surface area contributed by atoms with Gasteiger partial charge in [0.1, 0.15) is 17.1 Å². The Labute approximate surface area is 80.1 Å². The lowest BCUT2D eigenvalue weighted by molar-refractivity contribution is 0.826. The maximum Gasteiger partial charge on any atom is 0.142 e. The van der Waals surface area contributed by atoms with Gasteiger partial charge in [-0.2, -0.15) is 0 Å². The van der Waals surface area contributed by atoms with Crippen LogP contribution in [0.5, 0.6) is 0 Å². The van der Waals surface area contributed by atoms with E-state index in [4.69, 9.17) is 17.3 Å². The number of nitrogens with one attached hydrogen (secondary N) is 1. The largest absolute Gasteiger partial charge is 0.346 e. The number of hydrogen-bond donors (Lipinski definition) is 2. The Morgan fingerprint density at radius 3 is 3.00 bits per heavy atom. The number of hydrogen-bond acceptors (Lipinski definition) is 3. The first-order valence-electron chi connectivity index (χ1n) is 3.93. The summed E-state index contributed by atoms with van der Waals surface area (Å²) in [6, 6.07) is -0.0720. The number of rotatable bonds is 1. The number of halogens is 1. The molecule has 2 rings (SSSR count). The van der Waals surface area contributed by atoms with E-state index in [0.717, 1.165) is 16.6 Å². The molecule has 2 aromatic rings. The molecule has 2 aromatic heterocycles. The molecule has 0 aromatic carbocycles. The molecule has 0 saturated carbocycles. The Bertz CT molecular complexity index is 435. The van der Waals surface area contributed by atoms with E-state index in [1.54, 1.807) is 0 Å². The molecule has 0 aliphatic rings. The van der Waals surface area contributed by atoms with E-state index in [9.17, 15) is 0 Å². The molecule has 0 amide bonds. The molecule has 0 radical (unpaired) electrons. The van der Waals surface area contributed by atoms with Crippen molar-refractivity contribution in [3.05, 3.63) is 23.2 Å². The molecule has 0 spiro atoms. The highest BCUT2D eigenvalue weighted by Crippen LogP contribution is 2.26. The first kappa shape index (κ1) is 8.47. The fourth-order valence-electron chi connectivity index (χ4n) is 1.31. The predicted molar refractivity (Wildman–Crippen MR) is 51.5 cm³/mol. The van der Waals surface area contributed by atoms with Crippen molar-refractivity contribution in [2.45, 2.75) is 13.0 Å². The van der Waals surface area contributed by atoms with Crippen molar-refractivity contribution < 1.29 is 0 Å². The van der Waals surface area contributed by atoms with Crippen LogP contribution < -0.4 is 5.73 Å². The molecule has 13 heavy (non-hydrogen) atoms. The molecule has 1 atom stereocenters. The second kappa shape index (κ2) is 2.97. The molecule has 5 heteroatoms. The molecule has 4 nitrogen and oxygen atoms in total. The Morgan fingerprint density at radius 2 is 2.31 bits per heavy atom. The summed E-state index contributed by atoms with van der Waals surface area (Å²) in [5.41, 5.74) is 7.43. The van der Waals surface area contributed by atoms with Crippen molar-refractivity contribution in [2.75, 3.05) is 0 Å². The van der Waals surface area contributed by atoms with Crippen molar-refractivity contribution >= 4 is 22.6 Å². The standard InChI is InChI=1S/C8H9ClN4/c1-4(10)5-2-11-8-6(5)7(9)12-3-13-8/h2-4H,10H2,1H3,(H,11,12,13)/t4-/m1/s1. The fourth-order valence-corrected chi connectivity index (χ4v) is 1.55. The van der Waals surface area contributed by atoms with Gasteiger partial charge in [-0.3, -0.25) is 0 Å². The maximum absolute atomic E-state index is 5.92. The summed E-state index contributed by atoms with van der Waals surface area (Å²) in [5.74, 6) is 0. The minimum Gasteiger partial charge on any atom is -0.346 e. The van der Waals surface area contributed by atoms with Gasteiger partial charge in [-0.25, -0.2) is 9.97 Å². The summed E-state index contributed by atoms with van der Waals surface area (Å²) in [6.45, 7) is 1.89. The van der Waals surface area contributed by atoms with Crippen LogP contribution in [-0.4, -0.2) is 15.0 Å². The van der Waals surface area contributed by atoms with Crippen LogP contribution >= 0.6 is 11.6 Å². The monoisotopic (exact) mass is 196 g/mol. The van der Waals surface area contributed by atoms with Crippen molar-refractivity contribution in [2.24, 2.45) is 5.73 Å². The lowest BCUT2D eigenvalue weighted by atomic mass is 10.1. The van der Waals surface area contributed by atoms with Crippen LogP contribution in [0, 0.1) is 0 Å². The van der Waals surface area contributed by atoms with E-state index in [0.29, 0.717) is 5.15 Å². The van der Waals surface area contributed by atoms with Gasteiger partial charge in [-0.05, 0) is 12.5 Å². The van der Waals surface area contributed by atoms with Crippen LogP contribution in [0.1, 0.15) is 18.5 Å². The minimum absolute atomic E-state index is 0.0720. The van der Waals surface area contributed by atoms with Crippen LogP contribution in [0.2, 0.25) is 5.15 Å². The van der Waals surface area contributed by atoms with Gasteiger partial charge in [0.25, 0.3) is 0 Å². The molecular weight excluding hydrogens is 188 g/mol. The van der Waals surface area contributed by atoms with Crippen molar-refractivity contribution in [3.8, 4) is 0 Å². The van der Waals surface area contributed by atoms with Crippen molar-refractivity contribution in [1.29, 1.82) is 0 Å². The van der Waals surface area contributed by atoms with E-state index in [1.165, 1.54) is 6.33 Å². The fraction of sp³-hybridized carbons (Fsp3) is 0.250. The van der Waals surface area contributed by atoms with Crippen LogP contribution in [-0.2, 0) is 0 Å². The Balaban J connectivity index is 2.79. The third-order valence-electron chi connectivity index (χ3n) is 1.94. The number of H-pyrrole nitrogens is 1. The summed E-state index contributed by atoms with van der Waals surface area (Å²) in [6.07, 6.45) is 3.24. The zero-order chi connectivity index (χ0) is 9.42. The van der Waals surface area contributed by atoms with Gasteiger partial charge in [-0.1, -0.05) is 11.6 Å². The quantitative estimate of drug-likeness (QED) is 0.682. The predicted octanol–water partition coefficient (Wildman–Crippen LogP) is 1.63. The van der Waals surface area contributed by atoms with E-state index < -0.39 is 0 Å². The normalized spacial score (nSPS) is 13.5. The van der Waals surface area contributed by atoms with Crippen LogP contribution in [0.3, 0.4) is 0 Å². The summed E-state index contributed by atoms with van der Waals surface area (Å²) in [4.78, 5) is 10.9. The van der Waals surface area contributed by atoms with Gasteiger partial charge in [0, 0.05) is 12.2 Å². The second-order valence-corrected chi connectivity index (χ2v) is 3.28. The Kier molecular flexibility index (Phi) is 1.94. The molecule has 3 N–H and O–H groups in total. The molecule has 0 unspecified atom stereocenters. The topological polar surface area (TPSA) is 67.6 Å². The SMILES string of the molecule is C[C@@H](N)c1c[nH]c2ncnc(Cl)c12. The molecule has 68 valence electrons. The van der Waals surface area contributed by atoms with Gasteiger partial charge in [0.2, 0.25) is 0 Å². The van der Waals surface area contributed by atoms with Gasteiger partial charge >= 0.3 is 0 Å². The number of nitrogens with two attached hydrogens (primary N) is 1. The highest BCUT2D eigenvalue weighted by Gasteiger charge is 2.11. The molecule has 0 aliphatic carbocycles. The summed E-state index contributed by atoms with van der Waals surface area (Å²) < 4.78 is 0. The van der Waals surface area contributed by atoms with Gasteiger partial charge in [0.15, 0.2) is 0 Å². The zero-order valence-electron chi connectivity index (χ0n) is 7.08. The second-order valence-electron chi connectivity index (χ2n) is 2.92. The van der Waals surface area contributed by atoms with Crippen molar-refractivity contribution in [1.82, 2.24) is 15.0 Å². The number of nitrogens with zero attached hydrogens (tertiary/aromatic N) is 2. The van der Waals surface area contributed by atoms with Gasteiger partial charge in [-0.15, -0.1) is 0 Å². The first-order chi connectivity index (χ1) is 6.20. The molecule has 0 fully saturated rings.